The minimum Gasteiger partial charge on any atom is -0.360 e. The van der Waals surface area contributed by atoms with Gasteiger partial charge in [0.05, 0.1) is 0 Å². The molecular weight excluding hydrogens is 186 g/mol. The van der Waals surface area contributed by atoms with E-state index in [0.717, 1.165) is 22.9 Å². The van der Waals surface area contributed by atoms with Crippen LogP contribution in [0.2, 0.25) is 0 Å². The van der Waals surface area contributed by atoms with Crippen LogP contribution >= 0.6 is 0 Å². The van der Waals surface area contributed by atoms with Crippen molar-refractivity contribution in [3.63, 3.8) is 0 Å². The number of para-hydroxylation sites is 1. The van der Waals surface area contributed by atoms with Crippen molar-refractivity contribution in [2.45, 2.75) is 26.7 Å². The van der Waals surface area contributed by atoms with Crippen LogP contribution in [0.15, 0.2) is 24.4 Å². The number of rotatable bonds is 3. The highest BCUT2D eigenvalue weighted by Gasteiger charge is 2.11. The zero-order valence-corrected chi connectivity index (χ0v) is 9.13. The number of hydrogen-bond donors (Lipinski definition) is 1. The molecule has 0 aliphatic rings. The lowest BCUT2D eigenvalue weighted by atomic mass is 10.0. The predicted octanol–water partition coefficient (Wildman–Crippen LogP) is 3.46. The van der Waals surface area contributed by atoms with Crippen molar-refractivity contribution in [1.29, 1.82) is 0 Å². The van der Waals surface area contributed by atoms with E-state index in [9.17, 15) is 4.79 Å². The Kier molecular flexibility index (Phi) is 2.58. The number of H-pyrrole nitrogens is 1. The molecule has 2 nitrogen and oxygen atoms in total. The quantitative estimate of drug-likeness (QED) is 0.758. The number of aromatic nitrogens is 1. The lowest BCUT2D eigenvalue weighted by molar-refractivity contribution is 0.0983. The molecule has 2 rings (SSSR count). The lowest BCUT2D eigenvalue weighted by Gasteiger charge is -1.98. The Balaban J connectivity index is 2.54. The van der Waals surface area contributed by atoms with Crippen LogP contribution in [0, 0.1) is 6.92 Å². The fourth-order valence-electron chi connectivity index (χ4n) is 1.90. The van der Waals surface area contributed by atoms with Gasteiger partial charge in [0.25, 0.3) is 0 Å². The molecule has 1 aromatic carbocycles. The van der Waals surface area contributed by atoms with Gasteiger partial charge < -0.3 is 4.98 Å². The summed E-state index contributed by atoms with van der Waals surface area (Å²) >= 11 is 0. The summed E-state index contributed by atoms with van der Waals surface area (Å²) in [5.74, 6) is 0.231. The van der Waals surface area contributed by atoms with Crippen LogP contribution in [0.4, 0.5) is 0 Å². The molecule has 0 amide bonds. The molecule has 0 spiro atoms. The summed E-state index contributed by atoms with van der Waals surface area (Å²) in [5, 5.41) is 1.05. The number of nitrogens with one attached hydrogen (secondary N) is 1. The van der Waals surface area contributed by atoms with Gasteiger partial charge in [-0.3, -0.25) is 4.79 Å². The molecule has 2 aromatic rings. The van der Waals surface area contributed by atoms with E-state index in [2.05, 4.69) is 4.98 Å². The summed E-state index contributed by atoms with van der Waals surface area (Å²) in [6.45, 7) is 4.07. The Morgan fingerprint density at radius 2 is 2.20 bits per heavy atom. The highest BCUT2D eigenvalue weighted by molar-refractivity contribution is 6.08. The van der Waals surface area contributed by atoms with Crippen molar-refractivity contribution in [1.82, 2.24) is 4.98 Å². The first-order valence-corrected chi connectivity index (χ1v) is 5.34. The number of aromatic amines is 1. The number of ketones is 1. The molecule has 1 heterocycles. The van der Waals surface area contributed by atoms with Gasteiger partial charge in [0.1, 0.15) is 0 Å². The second kappa shape index (κ2) is 3.89. The van der Waals surface area contributed by atoms with Gasteiger partial charge in [0.2, 0.25) is 0 Å². The number of carbonyl (C=O) groups is 1. The summed E-state index contributed by atoms with van der Waals surface area (Å²) < 4.78 is 0. The SMILES string of the molecule is CCCC(=O)c1c[nH]c2c(C)cccc12. The van der Waals surface area contributed by atoms with Gasteiger partial charge in [-0.2, -0.15) is 0 Å². The zero-order valence-electron chi connectivity index (χ0n) is 9.13. The van der Waals surface area contributed by atoms with Crippen molar-refractivity contribution in [2.24, 2.45) is 0 Å². The minimum atomic E-state index is 0.231. The number of benzene rings is 1. The third-order valence-electron chi connectivity index (χ3n) is 2.70. The second-order valence-corrected chi connectivity index (χ2v) is 3.87. The van der Waals surface area contributed by atoms with Crippen molar-refractivity contribution in [2.75, 3.05) is 0 Å². The third-order valence-corrected chi connectivity index (χ3v) is 2.70. The van der Waals surface area contributed by atoms with Crippen LogP contribution < -0.4 is 0 Å². The van der Waals surface area contributed by atoms with Gasteiger partial charge in [0, 0.05) is 29.1 Å². The Hall–Kier alpha value is -1.57. The highest BCUT2D eigenvalue weighted by Crippen LogP contribution is 2.22. The standard InChI is InChI=1S/C13H15NO/c1-3-5-12(15)11-8-14-13-9(2)6-4-7-10(11)13/h4,6-8,14H,3,5H2,1-2H3. The molecule has 15 heavy (non-hydrogen) atoms. The largest absolute Gasteiger partial charge is 0.360 e. The predicted molar refractivity (Wildman–Crippen MR) is 62.3 cm³/mol. The first kappa shape index (κ1) is 9.97. The average Bonchev–Trinajstić information content (AvgIpc) is 2.63. The fraction of sp³-hybridized carbons (Fsp3) is 0.308. The lowest BCUT2D eigenvalue weighted by Crippen LogP contribution is -1.96. The Morgan fingerprint density at radius 3 is 2.93 bits per heavy atom. The van der Waals surface area contributed by atoms with Crippen molar-refractivity contribution in [3.8, 4) is 0 Å². The second-order valence-electron chi connectivity index (χ2n) is 3.87. The molecule has 0 fully saturated rings. The summed E-state index contributed by atoms with van der Waals surface area (Å²) in [7, 11) is 0. The molecule has 0 radical (unpaired) electrons. The van der Waals surface area contributed by atoms with Crippen molar-refractivity contribution < 1.29 is 4.79 Å². The van der Waals surface area contributed by atoms with E-state index in [1.165, 1.54) is 5.56 Å². The van der Waals surface area contributed by atoms with E-state index in [1.807, 2.05) is 38.2 Å². The molecule has 78 valence electrons. The molecule has 1 aromatic heterocycles. The molecule has 0 saturated heterocycles. The Labute approximate surface area is 89.3 Å². The molecule has 0 atom stereocenters. The number of carbonyl (C=O) groups excluding carboxylic acids is 1. The molecular formula is C13H15NO. The third kappa shape index (κ3) is 1.67. The summed E-state index contributed by atoms with van der Waals surface area (Å²) in [6.07, 6.45) is 3.36. The number of hydrogen-bond acceptors (Lipinski definition) is 1. The van der Waals surface area contributed by atoms with E-state index in [-0.39, 0.29) is 5.78 Å². The van der Waals surface area contributed by atoms with Gasteiger partial charge in [-0.25, -0.2) is 0 Å². The Morgan fingerprint density at radius 1 is 1.40 bits per heavy atom. The van der Waals surface area contributed by atoms with Gasteiger partial charge in [-0.05, 0) is 18.9 Å². The monoisotopic (exact) mass is 201 g/mol. The van der Waals surface area contributed by atoms with Gasteiger partial charge in [0.15, 0.2) is 5.78 Å². The minimum absolute atomic E-state index is 0.231. The first-order chi connectivity index (χ1) is 7.24. The van der Waals surface area contributed by atoms with Crippen LogP contribution in [-0.2, 0) is 0 Å². The van der Waals surface area contributed by atoms with Gasteiger partial charge in [-0.15, -0.1) is 0 Å². The average molecular weight is 201 g/mol. The molecule has 0 saturated carbocycles. The summed E-state index contributed by atoms with van der Waals surface area (Å²) in [6, 6.07) is 6.04. The summed E-state index contributed by atoms with van der Waals surface area (Å²) in [4.78, 5) is 15.0. The van der Waals surface area contributed by atoms with Crippen molar-refractivity contribution >= 4 is 16.7 Å². The van der Waals surface area contributed by atoms with Crippen LogP contribution in [-0.4, -0.2) is 10.8 Å². The van der Waals surface area contributed by atoms with Gasteiger partial charge >= 0.3 is 0 Å². The molecule has 1 N–H and O–H groups in total. The maximum Gasteiger partial charge on any atom is 0.165 e. The van der Waals surface area contributed by atoms with E-state index in [0.29, 0.717) is 6.42 Å². The van der Waals surface area contributed by atoms with Crippen LogP contribution in [0.25, 0.3) is 10.9 Å². The van der Waals surface area contributed by atoms with E-state index in [4.69, 9.17) is 0 Å². The number of aryl methyl sites for hydroxylation is 1. The smallest absolute Gasteiger partial charge is 0.165 e. The first-order valence-electron chi connectivity index (χ1n) is 5.34. The molecule has 0 aliphatic carbocycles. The zero-order chi connectivity index (χ0) is 10.8. The fourth-order valence-corrected chi connectivity index (χ4v) is 1.90. The number of fused-ring (bicyclic) bond motifs is 1. The normalized spacial score (nSPS) is 10.8. The highest BCUT2D eigenvalue weighted by atomic mass is 16.1. The van der Waals surface area contributed by atoms with Crippen LogP contribution in [0.1, 0.15) is 35.7 Å². The van der Waals surface area contributed by atoms with E-state index >= 15 is 0 Å². The summed E-state index contributed by atoms with van der Waals surface area (Å²) in [5.41, 5.74) is 3.09. The molecule has 0 unspecified atom stereocenters. The van der Waals surface area contributed by atoms with Crippen molar-refractivity contribution in [3.05, 3.63) is 35.5 Å². The van der Waals surface area contributed by atoms with Gasteiger partial charge in [-0.1, -0.05) is 25.1 Å². The topological polar surface area (TPSA) is 32.9 Å². The maximum atomic E-state index is 11.8. The van der Waals surface area contributed by atoms with E-state index in [1.54, 1.807) is 0 Å². The molecule has 0 bridgehead atoms. The number of Topliss-reactive ketones (excluding diaryl/α,β-unsaturated/α-hetero) is 1. The maximum absolute atomic E-state index is 11.8. The van der Waals surface area contributed by atoms with Crippen LogP contribution in [0.3, 0.4) is 0 Å². The molecule has 0 aliphatic heterocycles. The molecule has 2 heteroatoms. The van der Waals surface area contributed by atoms with Crippen LogP contribution in [0.5, 0.6) is 0 Å². The Bertz CT molecular complexity index is 496. The van der Waals surface area contributed by atoms with E-state index < -0.39 is 0 Å².